The Balaban J connectivity index is 2.49. The molecule has 1 aromatic rings. The predicted molar refractivity (Wildman–Crippen MR) is 73.7 cm³/mol. The monoisotopic (exact) mass is 330 g/mol. The largest absolute Gasteiger partial charge is 0.466 e. The summed E-state index contributed by atoms with van der Waals surface area (Å²) in [5.74, 6) is -0.220. The summed E-state index contributed by atoms with van der Waals surface area (Å²) in [5, 5.41) is 0. The Morgan fingerprint density at radius 3 is 2.62 bits per heavy atom. The zero-order valence-corrected chi connectivity index (χ0v) is 11.4. The fourth-order valence-electron chi connectivity index (χ4n) is 1.38. The molecular formula is C13H15IO2. The van der Waals surface area contributed by atoms with Crippen LogP contribution in [0.25, 0.3) is 0 Å². The Kier molecular flexibility index (Phi) is 6.15. The van der Waals surface area contributed by atoms with Gasteiger partial charge in [0, 0.05) is 10.0 Å². The number of benzene rings is 1. The lowest BCUT2D eigenvalue weighted by atomic mass is 10.1. The summed E-state index contributed by atoms with van der Waals surface area (Å²) in [6.07, 6.45) is 3.79. The normalized spacial score (nSPS) is 11.2. The highest BCUT2D eigenvalue weighted by Gasteiger charge is 2.06. The number of rotatable bonds is 5. The second-order valence-corrected chi connectivity index (χ2v) is 4.14. The summed E-state index contributed by atoms with van der Waals surface area (Å²) in [4.78, 5) is 11.3. The Hall–Kier alpha value is -0.840. The van der Waals surface area contributed by atoms with E-state index in [0.717, 1.165) is 18.4 Å². The first-order valence-corrected chi connectivity index (χ1v) is 6.67. The molecule has 0 aliphatic rings. The number of alkyl halides is 1. The molecule has 3 heteroatoms. The van der Waals surface area contributed by atoms with E-state index in [4.69, 9.17) is 4.74 Å². The molecule has 0 radical (unpaired) electrons. The van der Waals surface area contributed by atoms with Gasteiger partial charge in [-0.3, -0.25) is 0 Å². The van der Waals surface area contributed by atoms with Crippen LogP contribution in [0.15, 0.2) is 42.0 Å². The molecule has 0 saturated heterocycles. The van der Waals surface area contributed by atoms with E-state index in [2.05, 4.69) is 34.7 Å². The van der Waals surface area contributed by atoms with Crippen molar-refractivity contribution in [1.29, 1.82) is 0 Å². The molecular weight excluding hydrogens is 315 g/mol. The van der Waals surface area contributed by atoms with Crippen LogP contribution in [0.1, 0.15) is 12.0 Å². The molecule has 2 nitrogen and oxygen atoms in total. The van der Waals surface area contributed by atoms with Gasteiger partial charge in [-0.25, -0.2) is 4.79 Å². The maximum Gasteiger partial charge on any atom is 0.334 e. The lowest BCUT2D eigenvalue weighted by Crippen LogP contribution is -2.05. The molecule has 0 N–H and O–H groups in total. The SMILES string of the molecule is COC(=O)/C(=C/CCc1ccccc1)CI. The van der Waals surface area contributed by atoms with Gasteiger partial charge in [0.1, 0.15) is 0 Å². The van der Waals surface area contributed by atoms with Crippen molar-refractivity contribution in [3.8, 4) is 0 Å². The van der Waals surface area contributed by atoms with Crippen LogP contribution in [-0.2, 0) is 16.0 Å². The van der Waals surface area contributed by atoms with Gasteiger partial charge in [-0.05, 0) is 18.4 Å². The van der Waals surface area contributed by atoms with Crippen LogP contribution >= 0.6 is 22.6 Å². The third-order valence-electron chi connectivity index (χ3n) is 2.26. The lowest BCUT2D eigenvalue weighted by molar-refractivity contribution is -0.135. The van der Waals surface area contributed by atoms with Crippen molar-refractivity contribution in [3.05, 3.63) is 47.5 Å². The molecule has 0 heterocycles. The number of ether oxygens (including phenoxy) is 1. The molecule has 1 rings (SSSR count). The van der Waals surface area contributed by atoms with Gasteiger partial charge in [-0.1, -0.05) is 59.0 Å². The van der Waals surface area contributed by atoms with Gasteiger partial charge in [0.2, 0.25) is 0 Å². The molecule has 0 atom stereocenters. The van der Waals surface area contributed by atoms with Crippen molar-refractivity contribution >= 4 is 28.6 Å². The van der Waals surface area contributed by atoms with Gasteiger partial charge in [0.05, 0.1) is 7.11 Å². The molecule has 0 saturated carbocycles. The fraction of sp³-hybridized carbons (Fsp3) is 0.308. The van der Waals surface area contributed by atoms with Crippen LogP contribution in [0.2, 0.25) is 0 Å². The Morgan fingerprint density at radius 2 is 2.06 bits per heavy atom. The second-order valence-electron chi connectivity index (χ2n) is 3.38. The summed E-state index contributed by atoms with van der Waals surface area (Å²) in [6, 6.07) is 10.2. The molecule has 16 heavy (non-hydrogen) atoms. The number of hydrogen-bond donors (Lipinski definition) is 0. The third-order valence-corrected chi connectivity index (χ3v) is 3.08. The number of carbonyl (C=O) groups excluding carboxylic acids is 1. The van der Waals surface area contributed by atoms with Crippen molar-refractivity contribution in [1.82, 2.24) is 0 Å². The van der Waals surface area contributed by atoms with Gasteiger partial charge in [0.15, 0.2) is 0 Å². The smallest absolute Gasteiger partial charge is 0.334 e. The van der Waals surface area contributed by atoms with E-state index in [1.165, 1.54) is 12.7 Å². The van der Waals surface area contributed by atoms with Crippen molar-refractivity contribution in [3.63, 3.8) is 0 Å². The van der Waals surface area contributed by atoms with Crippen molar-refractivity contribution < 1.29 is 9.53 Å². The number of carbonyl (C=O) groups is 1. The first-order valence-electron chi connectivity index (χ1n) is 5.15. The first-order chi connectivity index (χ1) is 7.77. The standard InChI is InChI=1S/C13H15IO2/c1-16-13(15)12(10-14)9-5-8-11-6-3-2-4-7-11/h2-4,6-7,9H,5,8,10H2,1H3/b12-9+. The van der Waals surface area contributed by atoms with Crippen LogP contribution in [0.3, 0.4) is 0 Å². The van der Waals surface area contributed by atoms with Gasteiger partial charge >= 0.3 is 5.97 Å². The highest BCUT2D eigenvalue weighted by molar-refractivity contribution is 14.1. The van der Waals surface area contributed by atoms with Crippen molar-refractivity contribution in [2.24, 2.45) is 0 Å². The van der Waals surface area contributed by atoms with Gasteiger partial charge < -0.3 is 4.74 Å². The van der Waals surface area contributed by atoms with Gasteiger partial charge in [0.25, 0.3) is 0 Å². The predicted octanol–water partition coefficient (Wildman–Crippen LogP) is 3.15. The van der Waals surface area contributed by atoms with E-state index >= 15 is 0 Å². The van der Waals surface area contributed by atoms with E-state index in [0.29, 0.717) is 4.43 Å². The first kappa shape index (κ1) is 13.2. The van der Waals surface area contributed by atoms with Crippen molar-refractivity contribution in [2.75, 3.05) is 11.5 Å². The third kappa shape index (κ3) is 4.35. The number of allylic oxidation sites excluding steroid dienone is 1. The van der Waals surface area contributed by atoms with Crippen LogP contribution < -0.4 is 0 Å². The molecule has 1 aromatic carbocycles. The molecule has 86 valence electrons. The maximum absolute atomic E-state index is 11.3. The van der Waals surface area contributed by atoms with Crippen LogP contribution in [0, 0.1) is 0 Å². The Labute approximate surface area is 110 Å². The molecule has 0 aliphatic heterocycles. The highest BCUT2D eigenvalue weighted by atomic mass is 127. The minimum absolute atomic E-state index is 0.220. The van der Waals surface area contributed by atoms with E-state index in [9.17, 15) is 4.79 Å². The number of hydrogen-bond acceptors (Lipinski definition) is 2. The second kappa shape index (κ2) is 7.44. The summed E-state index contributed by atoms with van der Waals surface area (Å²) < 4.78 is 5.39. The number of esters is 1. The van der Waals surface area contributed by atoms with Crippen LogP contribution in [-0.4, -0.2) is 17.5 Å². The number of methoxy groups -OCH3 is 1. The lowest BCUT2D eigenvalue weighted by Gasteiger charge is -2.01. The van der Waals surface area contributed by atoms with Gasteiger partial charge in [-0.15, -0.1) is 0 Å². The molecule has 0 spiro atoms. The summed E-state index contributed by atoms with van der Waals surface area (Å²) in [6.45, 7) is 0. The summed E-state index contributed by atoms with van der Waals surface area (Å²) in [5.41, 5.74) is 2.04. The summed E-state index contributed by atoms with van der Waals surface area (Å²) in [7, 11) is 1.42. The zero-order valence-electron chi connectivity index (χ0n) is 9.28. The molecule has 0 unspecified atom stereocenters. The maximum atomic E-state index is 11.3. The highest BCUT2D eigenvalue weighted by Crippen LogP contribution is 2.08. The van der Waals surface area contributed by atoms with Gasteiger partial charge in [-0.2, -0.15) is 0 Å². The average Bonchev–Trinajstić information content (AvgIpc) is 2.35. The van der Waals surface area contributed by atoms with E-state index in [1.807, 2.05) is 24.3 Å². The minimum atomic E-state index is -0.220. The zero-order chi connectivity index (χ0) is 11.8. The molecule has 0 amide bonds. The molecule has 0 aliphatic carbocycles. The topological polar surface area (TPSA) is 26.3 Å². The molecule has 0 aromatic heterocycles. The van der Waals surface area contributed by atoms with E-state index in [-0.39, 0.29) is 5.97 Å². The van der Waals surface area contributed by atoms with Crippen LogP contribution in [0.4, 0.5) is 0 Å². The average molecular weight is 330 g/mol. The van der Waals surface area contributed by atoms with Crippen molar-refractivity contribution in [2.45, 2.75) is 12.8 Å². The molecule has 0 fully saturated rings. The minimum Gasteiger partial charge on any atom is -0.466 e. The number of aryl methyl sites for hydroxylation is 1. The molecule has 0 bridgehead atoms. The van der Waals surface area contributed by atoms with E-state index < -0.39 is 0 Å². The van der Waals surface area contributed by atoms with E-state index in [1.54, 1.807) is 0 Å². The summed E-state index contributed by atoms with van der Waals surface area (Å²) >= 11 is 2.17. The van der Waals surface area contributed by atoms with Crippen LogP contribution in [0.5, 0.6) is 0 Å². The quantitative estimate of drug-likeness (QED) is 0.359. The Morgan fingerprint density at radius 1 is 1.38 bits per heavy atom. The fourth-order valence-corrected chi connectivity index (χ4v) is 2.00. The number of halogens is 1. The Bertz CT molecular complexity index is 357.